The summed E-state index contributed by atoms with van der Waals surface area (Å²) >= 11 is 0. The highest BCUT2D eigenvalue weighted by Crippen LogP contribution is 2.39. The van der Waals surface area contributed by atoms with Crippen LogP contribution in [0.15, 0.2) is 47.2 Å². The van der Waals surface area contributed by atoms with E-state index in [1.807, 2.05) is 44.2 Å². The van der Waals surface area contributed by atoms with Crippen molar-refractivity contribution in [1.82, 2.24) is 20.0 Å². The van der Waals surface area contributed by atoms with Crippen LogP contribution in [0.3, 0.4) is 0 Å². The Hall–Kier alpha value is -2.77. The first kappa shape index (κ1) is 20.2. The quantitative estimate of drug-likeness (QED) is 0.677. The molecular formula is C24H28N4O3. The molecule has 3 aromatic rings. The fourth-order valence-corrected chi connectivity index (χ4v) is 4.97. The van der Waals surface area contributed by atoms with Gasteiger partial charge in [-0.1, -0.05) is 5.16 Å². The van der Waals surface area contributed by atoms with Crippen molar-refractivity contribution in [3.63, 3.8) is 0 Å². The summed E-state index contributed by atoms with van der Waals surface area (Å²) in [7, 11) is 0. The molecule has 1 saturated heterocycles. The lowest BCUT2D eigenvalue weighted by atomic mass is 9.78. The van der Waals surface area contributed by atoms with Crippen molar-refractivity contribution in [2.24, 2.45) is 11.8 Å². The molecule has 0 amide bonds. The second-order valence-electron chi connectivity index (χ2n) is 8.86. The number of likely N-dealkylation sites (tertiary alicyclic amines) is 1. The SMILES string of the molecule is Cc1ccc(O[C@@H]2C[C@@H]3CN(Cc4cc(-c5ccncc5)no4)C[C@@H]3C[C@H]2O)c(C)n1. The molecule has 5 rings (SSSR count). The standard InChI is InChI=1S/C24H28N4O3/c1-15-3-4-23(16(2)26-15)30-24-10-19-13-28(12-18(19)9-22(24)29)14-20-11-21(27-31-20)17-5-7-25-8-6-17/h3-8,11,18-19,22,24,29H,9-10,12-14H2,1-2H3/t18-,19+,22+,24+/m0/s1. The van der Waals surface area contributed by atoms with Crippen molar-refractivity contribution in [3.8, 4) is 17.0 Å². The number of pyridine rings is 2. The van der Waals surface area contributed by atoms with Crippen LogP contribution in [0.2, 0.25) is 0 Å². The molecule has 2 aliphatic rings. The van der Waals surface area contributed by atoms with E-state index in [9.17, 15) is 5.11 Å². The van der Waals surface area contributed by atoms with Crippen molar-refractivity contribution < 1.29 is 14.4 Å². The molecule has 1 aliphatic heterocycles. The molecule has 1 N–H and O–H groups in total. The van der Waals surface area contributed by atoms with Crippen LogP contribution in [0.1, 0.15) is 30.0 Å². The molecule has 0 unspecified atom stereocenters. The third-order valence-corrected chi connectivity index (χ3v) is 6.53. The van der Waals surface area contributed by atoms with Crippen LogP contribution in [0.5, 0.6) is 5.75 Å². The van der Waals surface area contributed by atoms with E-state index in [1.54, 1.807) is 12.4 Å². The summed E-state index contributed by atoms with van der Waals surface area (Å²) in [5.74, 6) is 2.62. The lowest BCUT2D eigenvalue weighted by molar-refractivity contribution is -0.0236. The van der Waals surface area contributed by atoms with Gasteiger partial charge in [-0.3, -0.25) is 14.9 Å². The molecule has 31 heavy (non-hydrogen) atoms. The zero-order chi connectivity index (χ0) is 21.4. The number of ether oxygens (including phenoxy) is 1. The number of hydrogen-bond donors (Lipinski definition) is 1. The highest BCUT2D eigenvalue weighted by Gasteiger charge is 2.43. The molecule has 0 bridgehead atoms. The summed E-state index contributed by atoms with van der Waals surface area (Å²) in [5, 5.41) is 14.9. The summed E-state index contributed by atoms with van der Waals surface area (Å²) < 4.78 is 11.8. The summed E-state index contributed by atoms with van der Waals surface area (Å²) in [4.78, 5) is 10.9. The first-order valence-electron chi connectivity index (χ1n) is 10.9. The first-order chi connectivity index (χ1) is 15.0. The maximum absolute atomic E-state index is 10.7. The van der Waals surface area contributed by atoms with Gasteiger partial charge in [0.2, 0.25) is 0 Å². The third kappa shape index (κ3) is 4.34. The lowest BCUT2D eigenvalue weighted by Gasteiger charge is -2.35. The van der Waals surface area contributed by atoms with Crippen molar-refractivity contribution in [2.45, 2.75) is 45.4 Å². The van der Waals surface area contributed by atoms with E-state index in [0.29, 0.717) is 11.8 Å². The molecule has 3 aromatic heterocycles. The van der Waals surface area contributed by atoms with E-state index >= 15 is 0 Å². The zero-order valence-corrected chi connectivity index (χ0v) is 17.9. The Morgan fingerprint density at radius 3 is 2.65 bits per heavy atom. The number of aliphatic hydroxyl groups excluding tert-OH is 1. The number of aryl methyl sites for hydroxylation is 2. The Morgan fingerprint density at radius 2 is 1.87 bits per heavy atom. The number of aliphatic hydroxyl groups is 1. The maximum Gasteiger partial charge on any atom is 0.151 e. The second-order valence-corrected chi connectivity index (χ2v) is 8.86. The summed E-state index contributed by atoms with van der Waals surface area (Å²) in [6.07, 6.45) is 4.50. The lowest BCUT2D eigenvalue weighted by Crippen LogP contribution is -2.42. The van der Waals surface area contributed by atoms with E-state index in [0.717, 1.165) is 66.6 Å². The van der Waals surface area contributed by atoms with Crippen molar-refractivity contribution in [2.75, 3.05) is 13.1 Å². The van der Waals surface area contributed by atoms with Crippen LogP contribution in [0.25, 0.3) is 11.3 Å². The maximum atomic E-state index is 10.7. The van der Waals surface area contributed by atoms with Crippen molar-refractivity contribution >= 4 is 0 Å². The monoisotopic (exact) mass is 420 g/mol. The Morgan fingerprint density at radius 1 is 1.10 bits per heavy atom. The van der Waals surface area contributed by atoms with Crippen LogP contribution in [-0.2, 0) is 6.54 Å². The zero-order valence-electron chi connectivity index (χ0n) is 17.9. The Balaban J connectivity index is 1.21. The molecule has 7 heteroatoms. The average Bonchev–Trinajstić information content (AvgIpc) is 3.37. The van der Waals surface area contributed by atoms with Crippen LogP contribution in [0.4, 0.5) is 0 Å². The Kier molecular flexibility index (Phi) is 5.46. The minimum atomic E-state index is -0.453. The molecule has 1 saturated carbocycles. The smallest absolute Gasteiger partial charge is 0.151 e. The van der Waals surface area contributed by atoms with E-state index < -0.39 is 6.10 Å². The predicted octanol–water partition coefficient (Wildman–Crippen LogP) is 3.40. The van der Waals surface area contributed by atoms with Crippen molar-refractivity contribution in [1.29, 1.82) is 0 Å². The summed E-state index contributed by atoms with van der Waals surface area (Å²) in [6, 6.07) is 9.78. The third-order valence-electron chi connectivity index (χ3n) is 6.53. The largest absolute Gasteiger partial charge is 0.486 e. The van der Waals surface area contributed by atoms with Crippen LogP contribution >= 0.6 is 0 Å². The average molecular weight is 421 g/mol. The molecule has 2 fully saturated rings. The molecule has 162 valence electrons. The van der Waals surface area contributed by atoms with Crippen LogP contribution < -0.4 is 4.74 Å². The number of rotatable bonds is 5. The fraction of sp³-hybridized carbons (Fsp3) is 0.458. The van der Waals surface area contributed by atoms with Gasteiger partial charge in [0.05, 0.1) is 18.3 Å². The molecule has 0 spiro atoms. The summed E-state index contributed by atoms with van der Waals surface area (Å²) in [5.41, 5.74) is 3.68. The van der Waals surface area contributed by atoms with Gasteiger partial charge in [0.15, 0.2) is 5.76 Å². The van der Waals surface area contributed by atoms with E-state index in [2.05, 4.69) is 20.0 Å². The highest BCUT2D eigenvalue weighted by atomic mass is 16.5. The van der Waals surface area contributed by atoms with Gasteiger partial charge in [0.25, 0.3) is 0 Å². The molecule has 7 nitrogen and oxygen atoms in total. The summed E-state index contributed by atoms with van der Waals surface area (Å²) in [6.45, 7) is 6.60. The molecule has 4 heterocycles. The van der Waals surface area contributed by atoms with Gasteiger partial charge in [0.1, 0.15) is 17.5 Å². The normalized spacial score (nSPS) is 26.0. The molecule has 4 atom stereocenters. The van der Waals surface area contributed by atoms with Crippen LogP contribution in [0, 0.1) is 25.7 Å². The molecular weight excluding hydrogens is 392 g/mol. The van der Waals surface area contributed by atoms with Gasteiger partial charge >= 0.3 is 0 Å². The van der Waals surface area contributed by atoms with Gasteiger partial charge in [-0.05, 0) is 62.8 Å². The first-order valence-corrected chi connectivity index (χ1v) is 10.9. The van der Waals surface area contributed by atoms with Gasteiger partial charge in [-0.25, -0.2) is 0 Å². The number of hydrogen-bond acceptors (Lipinski definition) is 7. The fourth-order valence-electron chi connectivity index (χ4n) is 4.97. The van der Waals surface area contributed by atoms with Gasteiger partial charge < -0.3 is 14.4 Å². The highest BCUT2D eigenvalue weighted by molar-refractivity contribution is 5.57. The van der Waals surface area contributed by atoms with Crippen LogP contribution in [-0.4, -0.2) is 50.4 Å². The van der Waals surface area contributed by atoms with Crippen molar-refractivity contribution in [3.05, 3.63) is 59.9 Å². The molecule has 0 aromatic carbocycles. The minimum Gasteiger partial charge on any atom is -0.486 e. The second kappa shape index (κ2) is 8.40. The molecule has 1 aliphatic carbocycles. The van der Waals surface area contributed by atoms with Gasteiger partial charge in [-0.15, -0.1) is 0 Å². The number of aromatic nitrogens is 3. The van der Waals surface area contributed by atoms with Gasteiger partial charge in [-0.2, -0.15) is 0 Å². The topological polar surface area (TPSA) is 84.5 Å². The number of fused-ring (bicyclic) bond motifs is 1. The van der Waals surface area contributed by atoms with E-state index in [1.165, 1.54) is 0 Å². The Bertz CT molecular complexity index is 1040. The number of nitrogens with zero attached hydrogens (tertiary/aromatic N) is 4. The van der Waals surface area contributed by atoms with E-state index in [-0.39, 0.29) is 6.10 Å². The van der Waals surface area contributed by atoms with E-state index in [4.69, 9.17) is 9.26 Å². The molecule has 0 radical (unpaired) electrons. The minimum absolute atomic E-state index is 0.187. The Labute approximate surface area is 182 Å². The predicted molar refractivity (Wildman–Crippen MR) is 115 cm³/mol. The van der Waals surface area contributed by atoms with Gasteiger partial charge in [0, 0.05) is 42.8 Å².